The van der Waals surface area contributed by atoms with E-state index in [1.807, 2.05) is 36.3 Å². The number of hydrogen-bond acceptors (Lipinski definition) is 4. The average Bonchev–Trinajstić information content (AvgIpc) is 3.12. The van der Waals surface area contributed by atoms with Crippen molar-refractivity contribution in [3.63, 3.8) is 0 Å². The molecule has 118 valence electrons. The lowest BCUT2D eigenvalue weighted by molar-refractivity contribution is -0.0365. The van der Waals surface area contributed by atoms with Crippen molar-refractivity contribution in [2.45, 2.75) is 44.8 Å². The monoisotopic (exact) mass is 300 g/mol. The van der Waals surface area contributed by atoms with E-state index in [4.69, 9.17) is 4.74 Å². The molecule has 5 nitrogen and oxygen atoms in total. The summed E-state index contributed by atoms with van der Waals surface area (Å²) in [6.45, 7) is 3.26. The Balaban J connectivity index is 1.53. The van der Waals surface area contributed by atoms with E-state index in [-0.39, 0.29) is 0 Å². The Morgan fingerprint density at radius 3 is 3.18 bits per heavy atom. The summed E-state index contributed by atoms with van der Waals surface area (Å²) in [5, 5.41) is 4.41. The van der Waals surface area contributed by atoms with Crippen LogP contribution in [0.5, 0.6) is 0 Å². The van der Waals surface area contributed by atoms with Crippen molar-refractivity contribution >= 4 is 5.65 Å². The van der Waals surface area contributed by atoms with E-state index < -0.39 is 0 Å². The number of fused-ring (bicyclic) bond motifs is 1. The third-order valence-electron chi connectivity index (χ3n) is 5.54. The van der Waals surface area contributed by atoms with Gasteiger partial charge in [-0.2, -0.15) is 5.10 Å². The fourth-order valence-electron chi connectivity index (χ4n) is 4.56. The zero-order valence-electron chi connectivity index (χ0n) is 13.2. The molecule has 1 spiro atoms. The van der Waals surface area contributed by atoms with Crippen LogP contribution in [0.1, 0.15) is 37.7 Å². The summed E-state index contributed by atoms with van der Waals surface area (Å²) < 4.78 is 7.67. The number of rotatable bonds is 3. The van der Waals surface area contributed by atoms with Gasteiger partial charge in [-0.25, -0.2) is 9.50 Å². The highest BCUT2D eigenvalue weighted by Gasteiger charge is 2.45. The molecule has 0 bridgehead atoms. The molecule has 0 aromatic carbocycles. The molecule has 2 aliphatic rings. The maximum atomic E-state index is 5.80. The molecule has 2 atom stereocenters. The summed E-state index contributed by atoms with van der Waals surface area (Å²) in [5.41, 5.74) is 2.59. The van der Waals surface area contributed by atoms with E-state index in [9.17, 15) is 0 Å². The lowest BCUT2D eigenvalue weighted by Gasteiger charge is -2.43. The Kier molecular flexibility index (Phi) is 3.62. The first-order valence-corrected chi connectivity index (χ1v) is 8.33. The Hall–Kier alpha value is -1.46. The zero-order chi connectivity index (χ0) is 15.0. The number of methoxy groups -OCH3 is 1. The molecule has 2 fully saturated rings. The van der Waals surface area contributed by atoms with E-state index in [0.29, 0.717) is 11.5 Å². The predicted molar refractivity (Wildman–Crippen MR) is 84.6 cm³/mol. The van der Waals surface area contributed by atoms with Crippen LogP contribution in [-0.4, -0.2) is 45.8 Å². The van der Waals surface area contributed by atoms with E-state index in [1.54, 1.807) is 0 Å². The molecule has 0 N–H and O–H groups in total. The Morgan fingerprint density at radius 2 is 2.27 bits per heavy atom. The van der Waals surface area contributed by atoms with Crippen molar-refractivity contribution in [1.82, 2.24) is 19.5 Å². The minimum absolute atomic E-state index is 0.378. The molecule has 1 saturated carbocycles. The topological polar surface area (TPSA) is 42.7 Å². The molecule has 2 aromatic rings. The van der Waals surface area contributed by atoms with Crippen LogP contribution in [0.25, 0.3) is 5.65 Å². The van der Waals surface area contributed by atoms with Crippen molar-refractivity contribution in [3.05, 3.63) is 30.2 Å². The van der Waals surface area contributed by atoms with Crippen LogP contribution in [0, 0.1) is 5.41 Å². The van der Waals surface area contributed by atoms with E-state index in [0.717, 1.165) is 18.7 Å². The average molecular weight is 300 g/mol. The number of ether oxygens (including phenoxy) is 1. The summed E-state index contributed by atoms with van der Waals surface area (Å²) in [7, 11) is 1.88. The van der Waals surface area contributed by atoms with Crippen LogP contribution in [0.4, 0.5) is 0 Å². The van der Waals surface area contributed by atoms with E-state index in [1.165, 1.54) is 44.2 Å². The Bertz CT molecular complexity index is 655. The molecule has 0 radical (unpaired) electrons. The second kappa shape index (κ2) is 5.63. The van der Waals surface area contributed by atoms with Crippen molar-refractivity contribution in [3.8, 4) is 0 Å². The minimum atomic E-state index is 0.378. The summed E-state index contributed by atoms with van der Waals surface area (Å²) in [6, 6.07) is 1.92. The first kappa shape index (κ1) is 14.2. The summed E-state index contributed by atoms with van der Waals surface area (Å²) >= 11 is 0. The summed E-state index contributed by atoms with van der Waals surface area (Å²) in [5.74, 6) is 0. The van der Waals surface area contributed by atoms with Gasteiger partial charge in [0.1, 0.15) is 0 Å². The second-order valence-corrected chi connectivity index (χ2v) is 6.85. The number of piperidine rings is 1. The molecule has 1 aliphatic carbocycles. The quantitative estimate of drug-likeness (QED) is 0.873. The molecule has 1 saturated heterocycles. The summed E-state index contributed by atoms with van der Waals surface area (Å²) in [4.78, 5) is 7.05. The lowest BCUT2D eigenvalue weighted by Crippen LogP contribution is -2.47. The highest BCUT2D eigenvalue weighted by Crippen LogP contribution is 2.46. The second-order valence-electron chi connectivity index (χ2n) is 6.85. The van der Waals surface area contributed by atoms with E-state index in [2.05, 4.69) is 15.0 Å². The maximum Gasteiger partial charge on any atom is 0.159 e. The van der Waals surface area contributed by atoms with Crippen molar-refractivity contribution in [2.75, 3.05) is 20.2 Å². The first-order chi connectivity index (χ1) is 10.8. The lowest BCUT2D eigenvalue weighted by atomic mass is 9.76. The Labute approximate surface area is 131 Å². The fourth-order valence-corrected chi connectivity index (χ4v) is 4.56. The van der Waals surface area contributed by atoms with Crippen LogP contribution >= 0.6 is 0 Å². The van der Waals surface area contributed by atoms with Gasteiger partial charge in [0.2, 0.25) is 0 Å². The zero-order valence-corrected chi connectivity index (χ0v) is 13.2. The predicted octanol–water partition coefficient (Wildman–Crippen LogP) is 2.51. The van der Waals surface area contributed by atoms with Gasteiger partial charge in [-0.05, 0) is 38.3 Å². The molecular formula is C17H24N4O. The molecule has 4 rings (SSSR count). The molecule has 1 aliphatic heterocycles. The molecule has 3 heterocycles. The highest BCUT2D eigenvalue weighted by atomic mass is 16.5. The van der Waals surface area contributed by atoms with E-state index >= 15 is 0 Å². The van der Waals surface area contributed by atoms with Gasteiger partial charge in [-0.15, -0.1) is 0 Å². The molecular weight excluding hydrogens is 276 g/mol. The smallest absolute Gasteiger partial charge is 0.159 e. The van der Waals surface area contributed by atoms with Gasteiger partial charge in [0, 0.05) is 43.6 Å². The molecule has 0 amide bonds. The van der Waals surface area contributed by atoms with Gasteiger partial charge in [-0.1, -0.05) is 6.42 Å². The van der Waals surface area contributed by atoms with Crippen LogP contribution in [0.3, 0.4) is 0 Å². The largest absolute Gasteiger partial charge is 0.381 e. The molecule has 2 aromatic heterocycles. The van der Waals surface area contributed by atoms with Crippen molar-refractivity contribution in [2.24, 2.45) is 5.41 Å². The summed E-state index contributed by atoms with van der Waals surface area (Å²) in [6.07, 6.45) is 12.6. The normalized spacial score (nSPS) is 29.6. The number of likely N-dealkylation sites (tertiary alicyclic amines) is 1. The highest BCUT2D eigenvalue weighted by molar-refractivity contribution is 5.45. The third-order valence-corrected chi connectivity index (χ3v) is 5.54. The number of aromatic nitrogens is 3. The van der Waals surface area contributed by atoms with Gasteiger partial charge in [-0.3, -0.25) is 4.90 Å². The molecule has 5 heteroatoms. The van der Waals surface area contributed by atoms with Crippen LogP contribution in [0.15, 0.2) is 24.7 Å². The van der Waals surface area contributed by atoms with Gasteiger partial charge in [0.15, 0.2) is 5.65 Å². The Morgan fingerprint density at radius 1 is 1.36 bits per heavy atom. The maximum absolute atomic E-state index is 5.80. The first-order valence-electron chi connectivity index (χ1n) is 8.33. The van der Waals surface area contributed by atoms with Crippen LogP contribution < -0.4 is 0 Å². The molecule has 0 unspecified atom stereocenters. The van der Waals surface area contributed by atoms with Gasteiger partial charge >= 0.3 is 0 Å². The van der Waals surface area contributed by atoms with Gasteiger partial charge in [0.05, 0.1) is 12.3 Å². The third kappa shape index (κ3) is 2.32. The SMILES string of the molecule is CO[C@@H]1CCC[C@]12CCCN(Cc1cnn3cccnc13)C2. The van der Waals surface area contributed by atoms with Crippen molar-refractivity contribution < 1.29 is 4.74 Å². The van der Waals surface area contributed by atoms with Crippen LogP contribution in [-0.2, 0) is 11.3 Å². The minimum Gasteiger partial charge on any atom is -0.381 e. The van der Waals surface area contributed by atoms with Gasteiger partial charge < -0.3 is 4.74 Å². The standard InChI is InChI=1S/C17H24N4O/c1-22-15-5-2-6-17(15)7-3-9-20(13-17)12-14-11-19-21-10-4-8-18-16(14)21/h4,8,10-11,15H,2-3,5-7,9,12-13H2,1H3/t15-,17-/m1/s1. The van der Waals surface area contributed by atoms with Gasteiger partial charge in [0.25, 0.3) is 0 Å². The number of nitrogens with zero attached hydrogens (tertiary/aromatic N) is 4. The van der Waals surface area contributed by atoms with Crippen LogP contribution in [0.2, 0.25) is 0 Å². The molecule has 22 heavy (non-hydrogen) atoms. The van der Waals surface area contributed by atoms with Crippen molar-refractivity contribution in [1.29, 1.82) is 0 Å². The fraction of sp³-hybridized carbons (Fsp3) is 0.647. The number of hydrogen-bond donors (Lipinski definition) is 0.